The molecule has 3 heteroatoms. The number of hydrogen-bond donors (Lipinski definition) is 1. The number of pyridine rings is 1. The molecule has 0 atom stereocenters. The van der Waals surface area contributed by atoms with Crippen LogP contribution in [0.3, 0.4) is 0 Å². The average molecular weight is 333 g/mol. The number of fused-ring (bicyclic) bond motifs is 1. The number of halogens is 1. The van der Waals surface area contributed by atoms with Crippen LogP contribution in [0.5, 0.6) is 0 Å². The maximum Gasteiger partial charge on any atom is 0.0785 e. The van der Waals surface area contributed by atoms with Crippen LogP contribution in [0.4, 0.5) is 0 Å². The molecule has 2 rings (SSSR count). The fourth-order valence-electron chi connectivity index (χ4n) is 2.20. The fraction of sp³-hybridized carbons (Fsp3) is 0.353. The van der Waals surface area contributed by atoms with E-state index in [1.165, 1.54) is 22.9 Å². The van der Waals surface area contributed by atoms with Crippen molar-refractivity contribution in [1.29, 1.82) is 0 Å². The van der Waals surface area contributed by atoms with Crippen molar-refractivity contribution in [2.45, 2.75) is 26.7 Å². The normalized spacial score (nSPS) is 12.1. The van der Waals surface area contributed by atoms with Crippen molar-refractivity contribution in [2.24, 2.45) is 0 Å². The van der Waals surface area contributed by atoms with Crippen LogP contribution >= 0.6 is 15.9 Å². The Morgan fingerprint density at radius 1 is 1.30 bits per heavy atom. The molecule has 1 N–H and O–H groups in total. The van der Waals surface area contributed by atoms with Crippen LogP contribution in [0.1, 0.15) is 32.3 Å². The van der Waals surface area contributed by atoms with Crippen LogP contribution in [-0.4, -0.2) is 18.1 Å². The summed E-state index contributed by atoms with van der Waals surface area (Å²) in [6.45, 7) is 6.41. The zero-order valence-corrected chi connectivity index (χ0v) is 13.7. The van der Waals surface area contributed by atoms with Crippen LogP contribution in [0.25, 0.3) is 17.0 Å². The zero-order valence-electron chi connectivity index (χ0n) is 12.1. The summed E-state index contributed by atoms with van der Waals surface area (Å²) in [6, 6.07) is 8.31. The van der Waals surface area contributed by atoms with Gasteiger partial charge in [0.15, 0.2) is 0 Å². The third kappa shape index (κ3) is 3.68. The smallest absolute Gasteiger partial charge is 0.0785 e. The minimum absolute atomic E-state index is 0.953. The van der Waals surface area contributed by atoms with Crippen molar-refractivity contribution in [3.63, 3.8) is 0 Å². The SMILES string of the molecule is CCCNC/C(=C/c1ccc(Br)c2cccnc12)CC. The van der Waals surface area contributed by atoms with Gasteiger partial charge in [-0.15, -0.1) is 0 Å². The topological polar surface area (TPSA) is 24.9 Å². The highest BCUT2D eigenvalue weighted by Gasteiger charge is 2.04. The lowest BCUT2D eigenvalue weighted by Gasteiger charge is -2.08. The predicted molar refractivity (Wildman–Crippen MR) is 90.9 cm³/mol. The molecule has 0 fully saturated rings. The first-order valence-corrected chi connectivity index (χ1v) is 7.99. The molecule has 1 aromatic carbocycles. The van der Waals surface area contributed by atoms with Gasteiger partial charge >= 0.3 is 0 Å². The van der Waals surface area contributed by atoms with Crippen molar-refractivity contribution in [3.05, 3.63) is 46.1 Å². The summed E-state index contributed by atoms with van der Waals surface area (Å²) in [4.78, 5) is 4.53. The molecule has 2 aromatic rings. The van der Waals surface area contributed by atoms with Crippen LogP contribution < -0.4 is 5.32 Å². The maximum absolute atomic E-state index is 4.53. The van der Waals surface area contributed by atoms with E-state index >= 15 is 0 Å². The van der Waals surface area contributed by atoms with E-state index in [-0.39, 0.29) is 0 Å². The Morgan fingerprint density at radius 3 is 2.90 bits per heavy atom. The Hall–Kier alpha value is -1.19. The first-order valence-electron chi connectivity index (χ1n) is 7.19. The number of nitrogens with one attached hydrogen (secondary N) is 1. The molecule has 1 heterocycles. The molecule has 2 nitrogen and oxygen atoms in total. The van der Waals surface area contributed by atoms with Crippen LogP contribution in [0, 0.1) is 0 Å². The molecule has 0 saturated carbocycles. The van der Waals surface area contributed by atoms with Crippen molar-refractivity contribution in [3.8, 4) is 0 Å². The van der Waals surface area contributed by atoms with E-state index < -0.39 is 0 Å². The monoisotopic (exact) mass is 332 g/mol. The summed E-state index contributed by atoms with van der Waals surface area (Å²) < 4.78 is 1.10. The predicted octanol–water partition coefficient (Wildman–Crippen LogP) is 4.79. The summed E-state index contributed by atoms with van der Waals surface area (Å²) in [5, 5.41) is 4.63. The van der Waals surface area contributed by atoms with Crippen molar-refractivity contribution in [1.82, 2.24) is 10.3 Å². The number of benzene rings is 1. The Kier molecular flexibility index (Phi) is 5.74. The molecule has 0 aliphatic carbocycles. The van der Waals surface area contributed by atoms with E-state index in [1.54, 1.807) is 0 Å². The number of rotatable bonds is 6. The number of nitrogens with zero attached hydrogens (tertiary/aromatic N) is 1. The molecule has 0 unspecified atom stereocenters. The highest BCUT2D eigenvalue weighted by molar-refractivity contribution is 9.10. The minimum Gasteiger partial charge on any atom is -0.313 e. The van der Waals surface area contributed by atoms with E-state index in [2.05, 4.69) is 64.4 Å². The van der Waals surface area contributed by atoms with Gasteiger partial charge in [0, 0.05) is 28.2 Å². The molecule has 0 aliphatic heterocycles. The van der Waals surface area contributed by atoms with Gasteiger partial charge in [0.05, 0.1) is 5.52 Å². The Balaban J connectivity index is 2.34. The Bertz CT molecular complexity index is 605. The summed E-state index contributed by atoms with van der Waals surface area (Å²) in [5.74, 6) is 0. The lowest BCUT2D eigenvalue weighted by molar-refractivity contribution is 0.706. The van der Waals surface area contributed by atoms with Crippen molar-refractivity contribution in [2.75, 3.05) is 13.1 Å². The van der Waals surface area contributed by atoms with Gasteiger partial charge in [-0.25, -0.2) is 0 Å². The molecule has 0 aliphatic rings. The number of hydrogen-bond acceptors (Lipinski definition) is 2. The standard InChI is InChI=1S/C17H21BrN2/c1-3-9-19-12-13(4-2)11-14-7-8-16(18)15-6-5-10-20-17(14)15/h5-8,10-11,19H,3-4,9,12H2,1-2H3/b13-11+. The summed E-state index contributed by atoms with van der Waals surface area (Å²) in [7, 11) is 0. The lowest BCUT2D eigenvalue weighted by atomic mass is 10.1. The van der Waals surface area contributed by atoms with Gasteiger partial charge in [-0.1, -0.05) is 53.6 Å². The second-order valence-electron chi connectivity index (χ2n) is 4.87. The van der Waals surface area contributed by atoms with E-state index in [1.807, 2.05) is 12.3 Å². The van der Waals surface area contributed by atoms with Crippen LogP contribution in [0.2, 0.25) is 0 Å². The van der Waals surface area contributed by atoms with Gasteiger partial charge in [-0.05, 0) is 31.5 Å². The number of aromatic nitrogens is 1. The van der Waals surface area contributed by atoms with Gasteiger partial charge in [-0.3, -0.25) is 4.98 Å². The average Bonchev–Trinajstić information content (AvgIpc) is 2.49. The van der Waals surface area contributed by atoms with E-state index in [0.29, 0.717) is 0 Å². The van der Waals surface area contributed by atoms with Gasteiger partial charge in [0.2, 0.25) is 0 Å². The summed E-state index contributed by atoms with van der Waals surface area (Å²) in [5.41, 5.74) is 3.66. The van der Waals surface area contributed by atoms with E-state index in [0.717, 1.165) is 29.5 Å². The Morgan fingerprint density at radius 2 is 2.15 bits per heavy atom. The maximum atomic E-state index is 4.53. The highest BCUT2D eigenvalue weighted by atomic mass is 79.9. The van der Waals surface area contributed by atoms with E-state index in [4.69, 9.17) is 0 Å². The highest BCUT2D eigenvalue weighted by Crippen LogP contribution is 2.26. The summed E-state index contributed by atoms with van der Waals surface area (Å²) >= 11 is 3.59. The van der Waals surface area contributed by atoms with Gasteiger partial charge in [-0.2, -0.15) is 0 Å². The molecule has 0 radical (unpaired) electrons. The lowest BCUT2D eigenvalue weighted by Crippen LogP contribution is -2.17. The molecule has 0 amide bonds. The van der Waals surface area contributed by atoms with Gasteiger partial charge in [0.25, 0.3) is 0 Å². The van der Waals surface area contributed by atoms with Gasteiger partial charge < -0.3 is 5.32 Å². The largest absolute Gasteiger partial charge is 0.313 e. The molecular formula is C17H21BrN2. The molecular weight excluding hydrogens is 312 g/mol. The molecule has 0 bridgehead atoms. The van der Waals surface area contributed by atoms with Crippen molar-refractivity contribution < 1.29 is 0 Å². The van der Waals surface area contributed by atoms with Crippen molar-refractivity contribution >= 4 is 32.9 Å². The molecule has 20 heavy (non-hydrogen) atoms. The zero-order chi connectivity index (χ0) is 14.4. The Labute approximate surface area is 129 Å². The molecule has 1 aromatic heterocycles. The summed E-state index contributed by atoms with van der Waals surface area (Å²) in [6.07, 6.45) is 6.35. The fourth-order valence-corrected chi connectivity index (χ4v) is 2.65. The second kappa shape index (κ2) is 7.55. The quantitative estimate of drug-likeness (QED) is 0.769. The third-order valence-electron chi connectivity index (χ3n) is 3.34. The van der Waals surface area contributed by atoms with Crippen LogP contribution in [0.15, 0.2) is 40.5 Å². The molecule has 106 valence electrons. The molecule has 0 spiro atoms. The van der Waals surface area contributed by atoms with Gasteiger partial charge in [0.1, 0.15) is 0 Å². The van der Waals surface area contributed by atoms with E-state index in [9.17, 15) is 0 Å². The third-order valence-corrected chi connectivity index (χ3v) is 4.03. The minimum atomic E-state index is 0.953. The first-order chi connectivity index (χ1) is 9.76. The second-order valence-corrected chi connectivity index (χ2v) is 5.72. The van der Waals surface area contributed by atoms with Crippen LogP contribution in [-0.2, 0) is 0 Å². The molecule has 0 saturated heterocycles. The first kappa shape index (κ1) is 15.2.